The Kier molecular flexibility index (Phi) is 13.7. The van der Waals surface area contributed by atoms with E-state index >= 15 is 0 Å². The first-order valence-corrected chi connectivity index (χ1v) is 15.1. The molecule has 0 aliphatic heterocycles. The maximum absolute atomic E-state index is 11.2. The van der Waals surface area contributed by atoms with Gasteiger partial charge in [-0.2, -0.15) is 25.3 Å². The molecular weight excluding hydrogens is 549 g/mol. The lowest BCUT2D eigenvalue weighted by atomic mass is 10.0. The Bertz CT molecular complexity index is 797. The molecule has 0 rings (SSSR count). The zero-order chi connectivity index (χ0) is 27.2. The van der Waals surface area contributed by atoms with Gasteiger partial charge in [0.2, 0.25) is 0 Å². The van der Waals surface area contributed by atoms with Gasteiger partial charge in [-0.25, -0.2) is 0 Å². The third kappa shape index (κ3) is 14.9. The Hall–Kier alpha value is 0.01000. The first-order valence-electron chi connectivity index (χ1n) is 8.65. The number of hydrogen-bond acceptors (Lipinski definition) is 9. The van der Waals surface area contributed by atoms with Crippen LogP contribution in [0.2, 0.25) is 0 Å². The predicted octanol–water partition coefficient (Wildman–Crippen LogP) is -0.453. The van der Waals surface area contributed by atoms with Gasteiger partial charge in [0.05, 0.1) is 0 Å². The summed E-state index contributed by atoms with van der Waals surface area (Å²) in [6.45, 7) is 4.08. The van der Waals surface area contributed by atoms with Gasteiger partial charge in [0.25, 0.3) is 0 Å². The summed E-state index contributed by atoms with van der Waals surface area (Å²) >= 11 is 7.85. The fourth-order valence-corrected chi connectivity index (χ4v) is 5.52. The second-order valence-corrected chi connectivity index (χ2v) is 14.1. The second-order valence-electron chi connectivity index (χ2n) is 7.84. The average molecular weight is 580 g/mol. The number of carboxylic acids is 2. The number of rotatable bonds is 12. The number of likely N-dealkylation sites (N-methyl/N-ethyl adjacent to an activating group) is 1. The zero-order valence-electron chi connectivity index (χ0n) is 18.2. The van der Waals surface area contributed by atoms with E-state index in [2.05, 4.69) is 25.3 Å². The van der Waals surface area contributed by atoms with Gasteiger partial charge in [-0.3, -0.25) is 33.1 Å². The molecule has 0 fully saturated rings. The van der Waals surface area contributed by atoms with Crippen molar-refractivity contribution in [1.29, 1.82) is 0 Å². The van der Waals surface area contributed by atoms with E-state index in [1.54, 1.807) is 0 Å². The second kappa shape index (κ2) is 12.8. The summed E-state index contributed by atoms with van der Waals surface area (Å²) in [4.78, 5) is 76.5. The number of hydrogen-bond donors (Lipinski definition) is 10. The molecule has 2 atom stereocenters. The standard InChI is InChI=1S/C7H17NO8P2S.C6H14NO5PS/c1-7(2,19)5(6(9)10)8(3-17(11,12)13)4-18(14,15)16;1-6(3-14,5(8)9)7(2)4-13(10,11)12/h5,19H,3-4H2,1-2H3,(H,9,10)(H2,11,12,13)(H2,14,15,16);14H,3-4H2,1-2H3,(H,8,9)(H2,10,11,12)/t5-;6-/m10/s1. The molecule has 15 nitrogen and oxygen atoms in total. The fraction of sp³-hybridized carbons (Fsp3) is 0.846. The highest BCUT2D eigenvalue weighted by atomic mass is 32.1. The van der Waals surface area contributed by atoms with E-state index < -0.39 is 69.9 Å². The number of carbonyl (C=O) groups is 2. The highest BCUT2D eigenvalue weighted by Gasteiger charge is 2.42. The van der Waals surface area contributed by atoms with Gasteiger partial charge in [-0.05, 0) is 27.8 Å². The monoisotopic (exact) mass is 580 g/mol. The van der Waals surface area contributed by atoms with Crippen LogP contribution in [0, 0.1) is 0 Å². The lowest BCUT2D eigenvalue weighted by Crippen LogP contribution is -2.52. The van der Waals surface area contributed by atoms with Crippen LogP contribution in [-0.2, 0) is 23.3 Å². The molecule has 0 saturated heterocycles. The molecule has 0 amide bonds. The zero-order valence-corrected chi connectivity index (χ0v) is 22.6. The Labute approximate surface area is 201 Å². The minimum absolute atomic E-state index is 0.0289. The molecule has 8 N–H and O–H groups in total. The van der Waals surface area contributed by atoms with Crippen LogP contribution in [0.5, 0.6) is 0 Å². The summed E-state index contributed by atoms with van der Waals surface area (Å²) in [7, 11) is -12.3. The summed E-state index contributed by atoms with van der Waals surface area (Å²) in [6, 6.07) is -1.57. The van der Waals surface area contributed by atoms with Crippen LogP contribution < -0.4 is 0 Å². The molecule has 0 spiro atoms. The molecule has 0 aromatic rings. The topological polar surface area (TPSA) is 254 Å². The molecule has 0 aliphatic carbocycles. The molecule has 0 bridgehead atoms. The maximum atomic E-state index is 11.2. The smallest absolute Gasteiger partial charge is 0.339 e. The van der Waals surface area contributed by atoms with Crippen molar-refractivity contribution in [2.75, 3.05) is 31.7 Å². The van der Waals surface area contributed by atoms with Gasteiger partial charge >= 0.3 is 34.7 Å². The average Bonchev–Trinajstić information content (AvgIpc) is 2.47. The summed E-state index contributed by atoms with van der Waals surface area (Å²) in [5.41, 5.74) is -1.37. The molecule has 0 aliphatic rings. The van der Waals surface area contributed by atoms with Crippen LogP contribution in [0.3, 0.4) is 0 Å². The van der Waals surface area contributed by atoms with Crippen molar-refractivity contribution in [3.63, 3.8) is 0 Å². The van der Waals surface area contributed by atoms with Crippen molar-refractivity contribution in [2.24, 2.45) is 0 Å². The van der Waals surface area contributed by atoms with Crippen molar-refractivity contribution in [3.8, 4) is 0 Å². The van der Waals surface area contributed by atoms with E-state index in [1.807, 2.05) is 0 Å². The molecule has 0 aromatic carbocycles. The van der Waals surface area contributed by atoms with Gasteiger partial charge in [0, 0.05) is 10.5 Å². The highest BCUT2D eigenvalue weighted by Crippen LogP contribution is 2.43. The quantitative estimate of drug-likeness (QED) is 0.104. The van der Waals surface area contributed by atoms with E-state index in [1.165, 1.54) is 27.8 Å². The molecule has 20 heteroatoms. The molecule has 198 valence electrons. The lowest BCUT2D eigenvalue weighted by molar-refractivity contribution is -0.147. The third-order valence-electron chi connectivity index (χ3n) is 4.01. The Balaban J connectivity index is 0. The van der Waals surface area contributed by atoms with E-state index in [4.69, 9.17) is 39.6 Å². The van der Waals surface area contributed by atoms with Crippen LogP contribution in [0.15, 0.2) is 0 Å². The number of carboxylic acid groups (broad SMARTS) is 2. The molecule has 33 heavy (non-hydrogen) atoms. The Morgan fingerprint density at radius 2 is 1.18 bits per heavy atom. The van der Waals surface area contributed by atoms with Gasteiger partial charge in [-0.1, -0.05) is 0 Å². The Morgan fingerprint density at radius 1 is 0.848 bits per heavy atom. The maximum Gasteiger partial charge on any atom is 0.339 e. The summed E-state index contributed by atoms with van der Waals surface area (Å²) < 4.78 is 31.3. The van der Waals surface area contributed by atoms with Crippen molar-refractivity contribution >= 4 is 60.0 Å². The number of thiol groups is 2. The molecule has 0 unspecified atom stereocenters. The van der Waals surface area contributed by atoms with E-state index in [0.29, 0.717) is 4.90 Å². The van der Waals surface area contributed by atoms with Crippen LogP contribution >= 0.6 is 48.0 Å². The normalized spacial score (nSPS) is 16.1. The fourth-order valence-electron chi connectivity index (χ4n) is 2.37. The van der Waals surface area contributed by atoms with E-state index in [-0.39, 0.29) is 5.75 Å². The van der Waals surface area contributed by atoms with E-state index in [0.717, 1.165) is 4.90 Å². The van der Waals surface area contributed by atoms with Crippen molar-refractivity contribution in [2.45, 2.75) is 37.1 Å². The third-order valence-corrected chi connectivity index (χ3v) is 7.12. The summed E-state index contributed by atoms with van der Waals surface area (Å²) in [5, 5.41) is 17.9. The van der Waals surface area contributed by atoms with Crippen LogP contribution in [0.1, 0.15) is 20.8 Å². The van der Waals surface area contributed by atoms with Gasteiger partial charge < -0.3 is 39.6 Å². The van der Waals surface area contributed by atoms with Gasteiger partial charge in [0.1, 0.15) is 30.4 Å². The minimum Gasteiger partial charge on any atom is -0.480 e. The van der Waals surface area contributed by atoms with Crippen LogP contribution in [-0.4, -0.2) is 109 Å². The molecule has 0 saturated carbocycles. The largest absolute Gasteiger partial charge is 0.480 e. The molecular formula is C13H31N2O13P3S2. The van der Waals surface area contributed by atoms with Crippen LogP contribution in [0.4, 0.5) is 0 Å². The van der Waals surface area contributed by atoms with Gasteiger partial charge in [-0.15, -0.1) is 0 Å². The SMILES string of the molecule is CC(C)(S)[C@@H](C(=O)O)N(CP(=O)(O)O)CP(=O)(O)O.CN(CP(=O)(O)O)[C@@](C)(CS)C(=O)O. The Morgan fingerprint density at radius 3 is 1.36 bits per heavy atom. The summed E-state index contributed by atoms with van der Waals surface area (Å²) in [6.07, 6.45) is -2.77. The number of aliphatic carboxylic acids is 2. The van der Waals surface area contributed by atoms with Crippen molar-refractivity contribution < 1.29 is 62.9 Å². The molecule has 0 heterocycles. The van der Waals surface area contributed by atoms with Crippen LogP contribution in [0.25, 0.3) is 0 Å². The number of nitrogens with zero attached hydrogens (tertiary/aromatic N) is 2. The van der Waals surface area contributed by atoms with Crippen molar-refractivity contribution in [3.05, 3.63) is 0 Å². The van der Waals surface area contributed by atoms with Gasteiger partial charge in [0.15, 0.2) is 0 Å². The first kappa shape index (κ1) is 35.2. The summed E-state index contributed by atoms with van der Waals surface area (Å²) in [5.74, 6) is -2.68. The highest BCUT2D eigenvalue weighted by molar-refractivity contribution is 7.81. The van der Waals surface area contributed by atoms with Crippen molar-refractivity contribution in [1.82, 2.24) is 9.80 Å². The predicted molar refractivity (Wildman–Crippen MR) is 125 cm³/mol. The molecule has 0 aromatic heterocycles. The van der Waals surface area contributed by atoms with E-state index in [9.17, 15) is 23.3 Å². The minimum atomic E-state index is -4.69. The molecule has 0 radical (unpaired) electrons. The first-order chi connectivity index (χ1) is 14.3. The lowest BCUT2D eigenvalue weighted by Gasteiger charge is -2.36.